The lowest BCUT2D eigenvalue weighted by Gasteiger charge is -2.05. The molecule has 0 atom stereocenters. The Bertz CT molecular complexity index is 677. The number of rotatable bonds is 5. The van der Waals surface area contributed by atoms with Crippen LogP contribution in [0.4, 0.5) is 0 Å². The minimum atomic E-state index is -3.72. The van der Waals surface area contributed by atoms with E-state index in [1.165, 1.54) is 6.07 Å². The van der Waals surface area contributed by atoms with Gasteiger partial charge < -0.3 is 9.52 Å². The first-order chi connectivity index (χ1) is 8.94. The summed E-state index contributed by atoms with van der Waals surface area (Å²) in [5, 5.41) is 12.9. The van der Waals surface area contributed by atoms with E-state index in [0.717, 1.165) is 5.69 Å². The summed E-state index contributed by atoms with van der Waals surface area (Å²) in [5.74, 6) is 0.174. The molecule has 2 heterocycles. The number of aliphatic hydroxyl groups excluding tert-OH is 1. The largest absolute Gasteiger partial charge is 0.450 e. The van der Waals surface area contributed by atoms with Gasteiger partial charge in [-0.15, -0.1) is 0 Å². The average Bonchev–Trinajstić information content (AvgIpc) is 2.93. The molecule has 2 rings (SSSR count). The molecule has 0 saturated heterocycles. The molecule has 0 radical (unpaired) electrons. The molecule has 0 amide bonds. The lowest BCUT2D eigenvalue weighted by atomic mass is 10.4. The van der Waals surface area contributed by atoms with Crippen LogP contribution >= 0.6 is 15.9 Å². The highest BCUT2D eigenvalue weighted by Crippen LogP contribution is 2.26. The fourth-order valence-electron chi connectivity index (χ4n) is 1.48. The zero-order valence-electron chi connectivity index (χ0n) is 10.00. The van der Waals surface area contributed by atoms with Crippen LogP contribution in [0.5, 0.6) is 0 Å². The van der Waals surface area contributed by atoms with Gasteiger partial charge in [0.05, 0.1) is 12.2 Å². The van der Waals surface area contributed by atoms with Crippen LogP contribution in [0.15, 0.2) is 32.3 Å². The summed E-state index contributed by atoms with van der Waals surface area (Å²) in [6.45, 7) is -0.249. The summed E-state index contributed by atoms with van der Waals surface area (Å²) >= 11 is 3.01. The molecule has 0 fully saturated rings. The van der Waals surface area contributed by atoms with Gasteiger partial charge in [0.25, 0.3) is 0 Å². The third-order valence-electron chi connectivity index (χ3n) is 2.52. The lowest BCUT2D eigenvalue weighted by molar-refractivity contribution is 0.245. The second kappa shape index (κ2) is 5.45. The molecule has 19 heavy (non-hydrogen) atoms. The smallest absolute Gasteiger partial charge is 0.245 e. The number of halogens is 1. The van der Waals surface area contributed by atoms with Crippen molar-refractivity contribution in [3.05, 3.63) is 34.5 Å². The van der Waals surface area contributed by atoms with Crippen molar-refractivity contribution in [3.63, 3.8) is 0 Å². The van der Waals surface area contributed by atoms with Crippen molar-refractivity contribution >= 4 is 26.0 Å². The molecule has 2 aromatic heterocycles. The van der Waals surface area contributed by atoms with Gasteiger partial charge in [0.15, 0.2) is 4.67 Å². The monoisotopic (exact) mass is 349 g/mol. The molecule has 0 aromatic carbocycles. The molecule has 0 aliphatic rings. The number of sulfonamides is 1. The highest BCUT2D eigenvalue weighted by Gasteiger charge is 2.22. The molecule has 2 aromatic rings. The quantitative estimate of drug-likeness (QED) is 0.829. The number of aliphatic hydroxyl groups is 1. The van der Waals surface area contributed by atoms with E-state index in [0.29, 0.717) is 0 Å². The van der Waals surface area contributed by atoms with Crippen LogP contribution in [-0.2, 0) is 30.2 Å². The van der Waals surface area contributed by atoms with Crippen molar-refractivity contribution in [1.82, 2.24) is 14.5 Å². The van der Waals surface area contributed by atoms with E-state index < -0.39 is 10.0 Å². The van der Waals surface area contributed by atoms with Crippen molar-refractivity contribution in [1.29, 1.82) is 0 Å². The van der Waals surface area contributed by atoms with E-state index in [4.69, 9.17) is 9.52 Å². The minimum Gasteiger partial charge on any atom is -0.450 e. The van der Waals surface area contributed by atoms with Crippen LogP contribution in [0, 0.1) is 0 Å². The van der Waals surface area contributed by atoms with Gasteiger partial charge in [0.2, 0.25) is 10.0 Å². The Balaban J connectivity index is 2.18. The summed E-state index contributed by atoms with van der Waals surface area (Å²) in [5.41, 5.74) is 0.727. The second-order valence-corrected chi connectivity index (χ2v) is 6.24. The SMILES string of the molecule is Cn1nccc1CNS(=O)(=O)c1cc(CO)oc1Br. The number of hydrogen-bond acceptors (Lipinski definition) is 5. The molecule has 0 saturated carbocycles. The van der Waals surface area contributed by atoms with E-state index >= 15 is 0 Å². The van der Waals surface area contributed by atoms with Crippen LogP contribution in [0.25, 0.3) is 0 Å². The Kier molecular flexibility index (Phi) is 4.09. The highest BCUT2D eigenvalue weighted by molar-refractivity contribution is 9.10. The second-order valence-electron chi connectivity index (χ2n) is 3.78. The first kappa shape index (κ1) is 14.3. The Labute approximate surface area is 118 Å². The van der Waals surface area contributed by atoms with Gasteiger partial charge in [0, 0.05) is 19.3 Å². The highest BCUT2D eigenvalue weighted by atomic mass is 79.9. The van der Waals surface area contributed by atoms with Crippen molar-refractivity contribution in [3.8, 4) is 0 Å². The Morgan fingerprint density at radius 2 is 2.32 bits per heavy atom. The molecule has 0 aliphatic heterocycles. The van der Waals surface area contributed by atoms with Gasteiger partial charge in [0.1, 0.15) is 17.3 Å². The van der Waals surface area contributed by atoms with Gasteiger partial charge >= 0.3 is 0 Å². The van der Waals surface area contributed by atoms with Gasteiger partial charge in [-0.05, 0) is 22.0 Å². The minimum absolute atomic E-state index is 0.0429. The predicted molar refractivity (Wildman–Crippen MR) is 69.6 cm³/mol. The summed E-state index contributed by atoms with van der Waals surface area (Å²) < 4.78 is 33.3. The van der Waals surface area contributed by atoms with E-state index in [1.54, 1.807) is 24.0 Å². The van der Waals surface area contributed by atoms with Crippen LogP contribution < -0.4 is 4.72 Å². The molecule has 7 nitrogen and oxygen atoms in total. The number of nitrogens with one attached hydrogen (secondary N) is 1. The number of furan rings is 1. The van der Waals surface area contributed by atoms with Gasteiger partial charge in [-0.1, -0.05) is 0 Å². The third-order valence-corrected chi connectivity index (χ3v) is 4.78. The van der Waals surface area contributed by atoms with E-state index in [2.05, 4.69) is 25.8 Å². The van der Waals surface area contributed by atoms with Gasteiger partial charge in [-0.3, -0.25) is 4.68 Å². The van der Waals surface area contributed by atoms with Crippen LogP contribution in [0.2, 0.25) is 0 Å². The molecule has 9 heteroatoms. The van der Waals surface area contributed by atoms with Crippen LogP contribution in [0.1, 0.15) is 11.5 Å². The molecule has 0 aliphatic carbocycles. The van der Waals surface area contributed by atoms with Crippen molar-refractivity contribution in [2.45, 2.75) is 18.0 Å². The maximum absolute atomic E-state index is 12.1. The number of nitrogens with zero attached hydrogens (tertiary/aromatic N) is 2. The summed E-state index contributed by atoms with van der Waals surface area (Å²) in [6, 6.07) is 2.99. The van der Waals surface area contributed by atoms with Gasteiger partial charge in [-0.2, -0.15) is 5.10 Å². The summed E-state index contributed by atoms with van der Waals surface area (Å²) in [4.78, 5) is -0.0429. The van der Waals surface area contributed by atoms with E-state index in [1.807, 2.05) is 0 Å². The van der Waals surface area contributed by atoms with Gasteiger partial charge in [-0.25, -0.2) is 13.1 Å². The van der Waals surface area contributed by atoms with Crippen molar-refractivity contribution in [2.75, 3.05) is 0 Å². The Morgan fingerprint density at radius 1 is 1.58 bits per heavy atom. The molecule has 104 valence electrons. The third kappa shape index (κ3) is 3.06. The Morgan fingerprint density at radius 3 is 2.84 bits per heavy atom. The number of hydrogen-bond donors (Lipinski definition) is 2. The zero-order valence-corrected chi connectivity index (χ0v) is 12.4. The Hall–Kier alpha value is -1.16. The number of aromatic nitrogens is 2. The summed E-state index contributed by atoms with van der Waals surface area (Å²) in [7, 11) is -1.99. The standard InChI is InChI=1S/C10H12BrN3O4S/c1-14-7(2-3-12-14)5-13-19(16,17)9-4-8(6-15)18-10(9)11/h2-4,13,15H,5-6H2,1H3. The maximum Gasteiger partial charge on any atom is 0.245 e. The molecular weight excluding hydrogens is 338 g/mol. The topological polar surface area (TPSA) is 97.4 Å². The maximum atomic E-state index is 12.1. The predicted octanol–water partition coefficient (Wildman–Crippen LogP) is 0.746. The first-order valence-corrected chi connectivity index (χ1v) is 7.57. The normalized spacial score (nSPS) is 11.9. The molecule has 0 spiro atoms. The fraction of sp³-hybridized carbons (Fsp3) is 0.300. The first-order valence-electron chi connectivity index (χ1n) is 5.29. The molecular formula is C10H12BrN3O4S. The van der Waals surface area contributed by atoms with Crippen molar-refractivity contribution in [2.24, 2.45) is 7.05 Å². The fourth-order valence-corrected chi connectivity index (χ4v) is 3.48. The van der Waals surface area contributed by atoms with E-state index in [-0.39, 0.29) is 28.5 Å². The van der Waals surface area contributed by atoms with E-state index in [9.17, 15) is 8.42 Å². The molecule has 2 N–H and O–H groups in total. The molecule has 0 bridgehead atoms. The van der Waals surface area contributed by atoms with Crippen LogP contribution in [-0.4, -0.2) is 23.3 Å². The average molecular weight is 350 g/mol. The molecule has 0 unspecified atom stereocenters. The van der Waals surface area contributed by atoms with Crippen LogP contribution in [0.3, 0.4) is 0 Å². The lowest BCUT2D eigenvalue weighted by Crippen LogP contribution is -2.24. The summed E-state index contributed by atoms with van der Waals surface area (Å²) in [6.07, 6.45) is 1.58. The zero-order chi connectivity index (χ0) is 14.0. The van der Waals surface area contributed by atoms with Crippen molar-refractivity contribution < 1.29 is 17.9 Å². The number of aryl methyl sites for hydroxylation is 1.